The van der Waals surface area contributed by atoms with Crippen molar-refractivity contribution in [1.29, 1.82) is 0 Å². The topological polar surface area (TPSA) is 70.0 Å². The van der Waals surface area contributed by atoms with E-state index in [2.05, 4.69) is 24.3 Å². The molecule has 2 N–H and O–H groups in total. The van der Waals surface area contributed by atoms with Gasteiger partial charge in [-0.15, -0.1) is 0 Å². The van der Waals surface area contributed by atoms with E-state index in [0.717, 1.165) is 11.3 Å². The van der Waals surface area contributed by atoms with E-state index in [1.165, 1.54) is 37.7 Å². The summed E-state index contributed by atoms with van der Waals surface area (Å²) in [4.78, 5) is 15.4. The van der Waals surface area contributed by atoms with Gasteiger partial charge in [0.25, 0.3) is 5.91 Å². The normalized spacial score (nSPS) is 13.6. The third-order valence-electron chi connectivity index (χ3n) is 7.20. The second kappa shape index (κ2) is 12.1. The quantitative estimate of drug-likeness (QED) is 0.286. The van der Waals surface area contributed by atoms with Gasteiger partial charge in [-0.25, -0.2) is 0 Å². The Hall–Kier alpha value is -3.87. The van der Waals surface area contributed by atoms with Gasteiger partial charge in [-0.3, -0.25) is 4.79 Å². The Morgan fingerprint density at radius 2 is 1.47 bits per heavy atom. The lowest BCUT2D eigenvalue weighted by molar-refractivity contribution is 0.0985. The lowest BCUT2D eigenvalue weighted by atomic mass is 9.80. The van der Waals surface area contributed by atoms with Crippen molar-refractivity contribution in [3.63, 3.8) is 0 Å². The van der Waals surface area contributed by atoms with Gasteiger partial charge < -0.3 is 19.7 Å². The number of carbonyl (C=O) groups excluding carboxylic acids is 1. The van der Waals surface area contributed by atoms with Crippen LogP contribution in [0, 0.1) is 0 Å². The maximum Gasteiger partial charge on any atom is 0.488 e. The third kappa shape index (κ3) is 6.33. The molecule has 0 atom stereocenters. The van der Waals surface area contributed by atoms with Gasteiger partial charge in [0.2, 0.25) is 0 Å². The number of para-hydroxylation sites is 1. The van der Waals surface area contributed by atoms with Gasteiger partial charge in [-0.1, -0.05) is 73.9 Å². The summed E-state index contributed by atoms with van der Waals surface area (Å²) in [6, 6.07) is 32.0. The Bertz CT molecular complexity index is 1330. The minimum absolute atomic E-state index is 0.183. The Morgan fingerprint density at radius 3 is 2.16 bits per heavy atom. The second-order valence-electron chi connectivity index (χ2n) is 9.88. The van der Waals surface area contributed by atoms with Crippen LogP contribution >= 0.6 is 0 Å². The summed E-state index contributed by atoms with van der Waals surface area (Å²) >= 11 is 0. The standard InChI is InChI=1S/C32H32BNO4/c35-32(27-18-20-31(21-19-27)38-30-12-5-2-6-13-30)34(29-11-7-10-28(22-29)33(36)37)23-24-14-16-26(17-15-24)25-8-3-1-4-9-25/h2,5-7,10-22,25,36-37H,1,3-4,8-9,23H2. The number of nitrogens with zero attached hydrogens (tertiary/aromatic N) is 1. The zero-order chi connectivity index (χ0) is 26.3. The fourth-order valence-corrected chi connectivity index (χ4v) is 5.09. The largest absolute Gasteiger partial charge is 0.488 e. The molecule has 5 rings (SSSR count). The van der Waals surface area contributed by atoms with Crippen molar-refractivity contribution in [3.8, 4) is 11.5 Å². The highest BCUT2D eigenvalue weighted by molar-refractivity contribution is 6.58. The molecule has 6 heteroatoms. The highest BCUT2D eigenvalue weighted by Gasteiger charge is 2.21. The molecule has 0 aromatic heterocycles. The van der Waals surface area contributed by atoms with Crippen molar-refractivity contribution in [2.24, 2.45) is 0 Å². The van der Waals surface area contributed by atoms with Crippen LogP contribution in [0.3, 0.4) is 0 Å². The predicted octanol–water partition coefficient (Wildman–Crippen LogP) is 6.05. The minimum Gasteiger partial charge on any atom is -0.457 e. The molecule has 0 radical (unpaired) electrons. The highest BCUT2D eigenvalue weighted by atomic mass is 16.5. The van der Waals surface area contributed by atoms with Gasteiger partial charge in [0.15, 0.2) is 0 Å². The summed E-state index contributed by atoms with van der Waals surface area (Å²) in [5.41, 5.74) is 3.82. The fourth-order valence-electron chi connectivity index (χ4n) is 5.09. The Labute approximate surface area is 224 Å². The maximum absolute atomic E-state index is 13.8. The molecular weight excluding hydrogens is 473 g/mol. The Morgan fingerprint density at radius 1 is 0.789 bits per heavy atom. The first-order chi connectivity index (χ1) is 18.6. The maximum atomic E-state index is 13.8. The van der Waals surface area contributed by atoms with Gasteiger partial charge in [0.05, 0.1) is 6.54 Å². The first-order valence-corrected chi connectivity index (χ1v) is 13.3. The number of rotatable bonds is 8. The molecule has 0 bridgehead atoms. The molecule has 0 spiro atoms. The zero-order valence-electron chi connectivity index (χ0n) is 21.4. The van der Waals surface area contributed by atoms with Crippen molar-refractivity contribution in [1.82, 2.24) is 0 Å². The highest BCUT2D eigenvalue weighted by Crippen LogP contribution is 2.33. The number of anilines is 1. The van der Waals surface area contributed by atoms with Gasteiger partial charge >= 0.3 is 7.12 Å². The van der Waals surface area contributed by atoms with Gasteiger partial charge in [0.1, 0.15) is 11.5 Å². The van der Waals surface area contributed by atoms with Crippen molar-refractivity contribution >= 4 is 24.2 Å². The van der Waals surface area contributed by atoms with Crippen LogP contribution in [0.4, 0.5) is 5.69 Å². The summed E-state index contributed by atoms with van der Waals surface area (Å²) in [6.07, 6.45) is 6.38. The molecule has 38 heavy (non-hydrogen) atoms. The zero-order valence-corrected chi connectivity index (χ0v) is 21.4. The van der Waals surface area contributed by atoms with Gasteiger partial charge in [-0.05, 0) is 83.9 Å². The van der Waals surface area contributed by atoms with E-state index in [9.17, 15) is 14.8 Å². The molecule has 0 unspecified atom stereocenters. The molecule has 1 aliphatic rings. The van der Waals surface area contributed by atoms with Crippen LogP contribution in [-0.2, 0) is 6.54 Å². The van der Waals surface area contributed by atoms with Crippen molar-refractivity contribution in [2.45, 2.75) is 44.6 Å². The number of amides is 1. The number of hydrogen-bond acceptors (Lipinski definition) is 4. The lowest BCUT2D eigenvalue weighted by Gasteiger charge is -2.25. The van der Waals surface area contributed by atoms with Crippen LogP contribution in [-0.4, -0.2) is 23.1 Å². The molecule has 0 aliphatic heterocycles. The van der Waals surface area contributed by atoms with Crippen molar-refractivity contribution in [2.75, 3.05) is 4.90 Å². The first-order valence-electron chi connectivity index (χ1n) is 13.3. The molecule has 0 heterocycles. The van der Waals surface area contributed by atoms with Crippen LogP contribution in [0.1, 0.15) is 59.5 Å². The Balaban J connectivity index is 1.39. The molecule has 1 amide bonds. The molecule has 1 aliphatic carbocycles. The van der Waals surface area contributed by atoms with Crippen LogP contribution in [0.2, 0.25) is 0 Å². The second-order valence-corrected chi connectivity index (χ2v) is 9.88. The van der Waals surface area contributed by atoms with E-state index >= 15 is 0 Å². The first kappa shape index (κ1) is 25.8. The van der Waals surface area contributed by atoms with Crippen molar-refractivity contribution < 1.29 is 19.6 Å². The number of ether oxygens (including phenoxy) is 1. The lowest BCUT2D eigenvalue weighted by Crippen LogP contribution is -2.34. The molecule has 4 aromatic rings. The average molecular weight is 505 g/mol. The molecule has 4 aromatic carbocycles. The van der Waals surface area contributed by atoms with Crippen molar-refractivity contribution in [3.05, 3.63) is 120 Å². The molecule has 1 fully saturated rings. The van der Waals surface area contributed by atoms with E-state index in [0.29, 0.717) is 34.9 Å². The summed E-state index contributed by atoms with van der Waals surface area (Å²) in [5, 5.41) is 19.4. The van der Waals surface area contributed by atoms with E-state index in [4.69, 9.17) is 4.74 Å². The Kier molecular flexibility index (Phi) is 8.22. The van der Waals surface area contributed by atoms with Crippen LogP contribution in [0.5, 0.6) is 11.5 Å². The molecule has 0 saturated heterocycles. The third-order valence-corrected chi connectivity index (χ3v) is 7.20. The predicted molar refractivity (Wildman–Crippen MR) is 152 cm³/mol. The molecule has 5 nitrogen and oxygen atoms in total. The van der Waals surface area contributed by atoms with Crippen LogP contribution in [0.25, 0.3) is 0 Å². The molecular formula is C32H32BNO4. The number of carbonyl (C=O) groups is 1. The van der Waals surface area contributed by atoms with E-state index < -0.39 is 7.12 Å². The molecule has 192 valence electrons. The summed E-state index contributed by atoms with van der Waals surface area (Å²) < 4.78 is 5.88. The van der Waals surface area contributed by atoms with E-state index in [1.807, 2.05) is 36.4 Å². The van der Waals surface area contributed by atoms with Crippen LogP contribution in [0.15, 0.2) is 103 Å². The minimum atomic E-state index is -1.61. The number of benzene rings is 4. The smallest absolute Gasteiger partial charge is 0.457 e. The SMILES string of the molecule is O=C(c1ccc(Oc2ccccc2)cc1)N(Cc1ccc(C2CCCCC2)cc1)c1cccc(B(O)O)c1. The number of hydrogen-bond donors (Lipinski definition) is 2. The van der Waals surface area contributed by atoms with E-state index in [-0.39, 0.29) is 5.91 Å². The molecule has 1 saturated carbocycles. The summed E-state index contributed by atoms with van der Waals surface area (Å²) in [7, 11) is -1.61. The average Bonchev–Trinajstić information content (AvgIpc) is 2.97. The fraction of sp³-hybridized carbons (Fsp3) is 0.219. The monoisotopic (exact) mass is 505 g/mol. The summed E-state index contributed by atoms with van der Waals surface area (Å²) in [6.45, 7) is 0.358. The van der Waals surface area contributed by atoms with Gasteiger partial charge in [-0.2, -0.15) is 0 Å². The van der Waals surface area contributed by atoms with Gasteiger partial charge in [0, 0.05) is 11.3 Å². The van der Waals surface area contributed by atoms with Crippen LogP contribution < -0.4 is 15.1 Å². The summed E-state index contributed by atoms with van der Waals surface area (Å²) in [5.74, 6) is 1.80. The van der Waals surface area contributed by atoms with E-state index in [1.54, 1.807) is 47.4 Å².